The predicted octanol–water partition coefficient (Wildman–Crippen LogP) is 4.45. The van der Waals surface area contributed by atoms with E-state index >= 15 is 0 Å². The van der Waals surface area contributed by atoms with Crippen LogP contribution in [0.3, 0.4) is 0 Å². The first-order valence-corrected chi connectivity index (χ1v) is 11.4. The number of benzene rings is 1. The highest BCUT2D eigenvalue weighted by molar-refractivity contribution is 5.94. The van der Waals surface area contributed by atoms with Crippen LogP contribution in [0.25, 0.3) is 10.9 Å². The molecule has 0 radical (unpaired) electrons. The maximum atomic E-state index is 14.5. The molecule has 2 atom stereocenters. The second-order valence-electron chi connectivity index (χ2n) is 10.0. The van der Waals surface area contributed by atoms with Gasteiger partial charge in [0.05, 0.1) is 10.9 Å². The highest BCUT2D eigenvalue weighted by Crippen LogP contribution is 2.75. The number of hydrogen-bond acceptors (Lipinski definition) is 6. The Morgan fingerprint density at radius 2 is 1.88 bits per heavy atom. The van der Waals surface area contributed by atoms with Crippen molar-refractivity contribution in [3.63, 3.8) is 0 Å². The van der Waals surface area contributed by atoms with Gasteiger partial charge in [-0.15, -0.1) is 10.2 Å². The van der Waals surface area contributed by atoms with Gasteiger partial charge in [0.1, 0.15) is 5.41 Å². The summed E-state index contributed by atoms with van der Waals surface area (Å²) in [6.07, 6.45) is -0.893. The first kappa shape index (κ1) is 20.9. The molecule has 2 aliphatic heterocycles. The van der Waals surface area contributed by atoms with E-state index in [1.165, 1.54) is 0 Å². The van der Waals surface area contributed by atoms with Crippen molar-refractivity contribution in [2.24, 2.45) is 5.41 Å². The molecule has 0 bridgehead atoms. The molecule has 3 aliphatic rings. The number of fused-ring (bicyclic) bond motifs is 2. The third-order valence-corrected chi connectivity index (χ3v) is 8.07. The maximum Gasteiger partial charge on any atom is 0.397 e. The second-order valence-corrected chi connectivity index (χ2v) is 10.0. The molecule has 33 heavy (non-hydrogen) atoms. The van der Waals surface area contributed by atoms with Gasteiger partial charge < -0.3 is 14.2 Å². The van der Waals surface area contributed by atoms with E-state index in [1.54, 1.807) is 6.20 Å². The number of nitrogens with zero attached hydrogens (tertiary/aromatic N) is 5. The fourth-order valence-corrected chi connectivity index (χ4v) is 6.00. The van der Waals surface area contributed by atoms with Crippen LogP contribution in [0.15, 0.2) is 34.9 Å². The summed E-state index contributed by atoms with van der Waals surface area (Å²) >= 11 is 0. The molecule has 1 saturated carbocycles. The zero-order valence-electron chi connectivity index (χ0n) is 18.7. The smallest absolute Gasteiger partial charge is 0.397 e. The number of piperidine rings is 2. The van der Waals surface area contributed by atoms with Gasteiger partial charge in [0, 0.05) is 36.3 Å². The Bertz CT molecular complexity index is 1220. The number of aromatic nitrogens is 3. The van der Waals surface area contributed by atoms with E-state index in [1.807, 2.05) is 36.1 Å². The molecular weight excluding hydrogens is 431 g/mol. The van der Waals surface area contributed by atoms with Crippen LogP contribution in [0, 0.1) is 12.3 Å². The molecule has 1 aromatic carbocycles. The Balaban J connectivity index is 1.37. The molecule has 0 N–H and O–H groups in total. The number of aryl methyl sites for hydroxylation is 1. The number of alkyl halides is 3. The Kier molecular flexibility index (Phi) is 4.38. The number of hydrogen-bond donors (Lipinski definition) is 0. The summed E-state index contributed by atoms with van der Waals surface area (Å²) in [7, 11) is 2.06. The summed E-state index contributed by atoms with van der Waals surface area (Å²) in [5.41, 5.74) is -0.474. The Morgan fingerprint density at radius 3 is 2.64 bits per heavy atom. The average molecular weight is 458 g/mol. The summed E-state index contributed by atoms with van der Waals surface area (Å²) in [5, 5.41) is 9.29. The van der Waals surface area contributed by atoms with Gasteiger partial charge in [-0.05, 0) is 70.1 Å². The van der Waals surface area contributed by atoms with Gasteiger partial charge in [-0.25, -0.2) is 0 Å². The molecule has 6 nitrogen and oxygen atoms in total. The van der Waals surface area contributed by atoms with Crippen molar-refractivity contribution in [2.45, 2.75) is 43.7 Å². The molecule has 2 aromatic heterocycles. The van der Waals surface area contributed by atoms with Gasteiger partial charge >= 0.3 is 6.18 Å². The van der Waals surface area contributed by atoms with Crippen LogP contribution in [0.4, 0.5) is 18.9 Å². The van der Waals surface area contributed by atoms with E-state index in [9.17, 15) is 13.2 Å². The topological polar surface area (TPSA) is 58.3 Å². The molecule has 0 unspecified atom stereocenters. The monoisotopic (exact) mass is 457 g/mol. The van der Waals surface area contributed by atoms with Gasteiger partial charge in [0.15, 0.2) is 0 Å². The SMILES string of the molecule is Cc1ccc(N2C[C@]3(c4nnc(C5CCN(C)CC5)o4)C[C@]3(C(F)(F)F)C2)c2cccnc12. The number of pyridine rings is 1. The summed E-state index contributed by atoms with van der Waals surface area (Å²) in [6, 6.07) is 7.57. The lowest BCUT2D eigenvalue weighted by Gasteiger charge is -2.26. The van der Waals surface area contributed by atoms with Crippen LogP contribution in [0.2, 0.25) is 0 Å². The highest BCUT2D eigenvalue weighted by Gasteiger charge is 2.86. The summed E-state index contributed by atoms with van der Waals surface area (Å²) < 4.78 is 49.4. The Labute approximate surface area is 189 Å². The van der Waals surface area contributed by atoms with Crippen molar-refractivity contribution in [2.75, 3.05) is 38.1 Å². The van der Waals surface area contributed by atoms with Crippen molar-refractivity contribution >= 4 is 16.6 Å². The first-order chi connectivity index (χ1) is 15.7. The molecule has 1 aliphatic carbocycles. The van der Waals surface area contributed by atoms with E-state index in [0.29, 0.717) is 5.89 Å². The summed E-state index contributed by atoms with van der Waals surface area (Å²) in [5.74, 6) is 0.743. The summed E-state index contributed by atoms with van der Waals surface area (Å²) in [4.78, 5) is 8.52. The zero-order chi connectivity index (χ0) is 23.0. The lowest BCUT2D eigenvalue weighted by atomic mass is 9.95. The van der Waals surface area contributed by atoms with Gasteiger partial charge in [0.2, 0.25) is 11.8 Å². The van der Waals surface area contributed by atoms with Crippen LogP contribution in [-0.2, 0) is 5.41 Å². The molecule has 3 aromatic rings. The number of halogens is 3. The van der Waals surface area contributed by atoms with Gasteiger partial charge in [-0.3, -0.25) is 4.98 Å². The van der Waals surface area contributed by atoms with E-state index < -0.39 is 17.0 Å². The fraction of sp³-hybridized carbons (Fsp3) is 0.542. The van der Waals surface area contributed by atoms with E-state index in [4.69, 9.17) is 4.42 Å². The highest BCUT2D eigenvalue weighted by atomic mass is 19.4. The van der Waals surface area contributed by atoms with Gasteiger partial charge in [-0.1, -0.05) is 6.07 Å². The van der Waals surface area contributed by atoms with E-state index in [2.05, 4.69) is 27.1 Å². The minimum Gasteiger partial charge on any atom is -0.424 e. The lowest BCUT2D eigenvalue weighted by molar-refractivity contribution is -0.187. The van der Waals surface area contributed by atoms with Gasteiger partial charge in [0.25, 0.3) is 0 Å². The predicted molar refractivity (Wildman–Crippen MR) is 117 cm³/mol. The van der Waals surface area contributed by atoms with Crippen molar-refractivity contribution in [1.29, 1.82) is 0 Å². The molecule has 6 rings (SSSR count). The quantitative estimate of drug-likeness (QED) is 0.580. The van der Waals surface area contributed by atoms with Crippen molar-refractivity contribution < 1.29 is 17.6 Å². The molecule has 2 saturated heterocycles. The number of anilines is 1. The molecule has 4 heterocycles. The summed E-state index contributed by atoms with van der Waals surface area (Å²) in [6.45, 7) is 3.89. The van der Waals surface area contributed by atoms with Crippen LogP contribution in [0.5, 0.6) is 0 Å². The zero-order valence-corrected chi connectivity index (χ0v) is 18.7. The molecular formula is C24H26F3N5O. The number of rotatable bonds is 3. The molecule has 3 fully saturated rings. The Hall–Kier alpha value is -2.68. The second kappa shape index (κ2) is 6.91. The van der Waals surface area contributed by atoms with Crippen LogP contribution >= 0.6 is 0 Å². The van der Waals surface area contributed by atoms with Crippen LogP contribution in [-0.4, -0.2) is 59.5 Å². The van der Waals surface area contributed by atoms with Crippen molar-refractivity contribution in [3.05, 3.63) is 47.8 Å². The molecule has 9 heteroatoms. The van der Waals surface area contributed by atoms with E-state index in [-0.39, 0.29) is 31.3 Å². The molecule has 0 amide bonds. The fourth-order valence-electron chi connectivity index (χ4n) is 6.00. The van der Waals surface area contributed by atoms with Gasteiger partial charge in [-0.2, -0.15) is 13.2 Å². The largest absolute Gasteiger partial charge is 0.424 e. The Morgan fingerprint density at radius 1 is 1.09 bits per heavy atom. The first-order valence-electron chi connectivity index (χ1n) is 11.4. The minimum absolute atomic E-state index is 0.00290. The minimum atomic E-state index is -4.36. The van der Waals surface area contributed by atoms with Crippen LogP contribution in [0.1, 0.15) is 42.5 Å². The third-order valence-electron chi connectivity index (χ3n) is 8.07. The maximum absolute atomic E-state index is 14.5. The van der Waals surface area contributed by atoms with Crippen molar-refractivity contribution in [1.82, 2.24) is 20.1 Å². The lowest BCUT2D eigenvalue weighted by Crippen LogP contribution is -2.34. The molecule has 174 valence electrons. The molecule has 0 spiro atoms. The average Bonchev–Trinajstić information content (AvgIpc) is 3.11. The normalized spacial score (nSPS) is 28.5. The van der Waals surface area contributed by atoms with Crippen molar-refractivity contribution in [3.8, 4) is 0 Å². The standard InChI is InChI=1S/C24H26F3N5O/c1-15-5-6-18(17-4-3-9-28-19(15)17)32-13-22(12-23(22,14-32)24(25,26)27)21-30-29-20(33-21)16-7-10-31(2)11-8-16/h3-6,9,16H,7-8,10-14H2,1-2H3/t22-,23-/m0/s1. The van der Waals surface area contributed by atoms with E-state index in [0.717, 1.165) is 48.1 Å². The van der Waals surface area contributed by atoms with Crippen LogP contribution < -0.4 is 4.90 Å². The third kappa shape index (κ3) is 2.94. The number of likely N-dealkylation sites (tertiary alicyclic amines) is 1.